The van der Waals surface area contributed by atoms with Gasteiger partial charge in [0.1, 0.15) is 5.00 Å². The SMILES string of the molecule is CCOC(=O)c1c(NC(=O)CCCCCCCCCCN2C(=O)c3ccccc3C2=O)sc2c1CCCC2. The van der Waals surface area contributed by atoms with Gasteiger partial charge in [0.15, 0.2) is 0 Å². The number of anilines is 1. The fourth-order valence-electron chi connectivity index (χ4n) is 5.32. The van der Waals surface area contributed by atoms with E-state index in [1.54, 1.807) is 31.2 Å². The summed E-state index contributed by atoms with van der Waals surface area (Å²) in [5.41, 5.74) is 2.67. The molecule has 3 amide bonds. The lowest BCUT2D eigenvalue weighted by atomic mass is 9.95. The number of amides is 3. The van der Waals surface area contributed by atoms with Gasteiger partial charge in [-0.05, 0) is 63.1 Å². The summed E-state index contributed by atoms with van der Waals surface area (Å²) in [6.07, 6.45) is 12.5. The Bertz CT molecular complexity index is 1140. The second-order valence-corrected chi connectivity index (χ2v) is 11.2. The van der Waals surface area contributed by atoms with E-state index in [0.717, 1.165) is 82.6 Å². The molecule has 1 aliphatic carbocycles. The molecular formula is C30H38N2O5S. The van der Waals surface area contributed by atoms with Crippen molar-refractivity contribution in [1.29, 1.82) is 0 Å². The number of fused-ring (bicyclic) bond motifs is 2. The van der Waals surface area contributed by atoms with Crippen LogP contribution in [0.1, 0.15) is 119 Å². The van der Waals surface area contributed by atoms with E-state index in [0.29, 0.717) is 41.3 Å². The zero-order valence-electron chi connectivity index (χ0n) is 22.3. The second kappa shape index (κ2) is 13.7. The summed E-state index contributed by atoms with van der Waals surface area (Å²) in [5, 5.41) is 3.65. The molecule has 0 saturated heterocycles. The first-order chi connectivity index (χ1) is 18.5. The van der Waals surface area contributed by atoms with Gasteiger partial charge in [-0.3, -0.25) is 19.3 Å². The van der Waals surface area contributed by atoms with Crippen LogP contribution >= 0.6 is 11.3 Å². The first kappa shape index (κ1) is 28.0. The van der Waals surface area contributed by atoms with Crippen molar-refractivity contribution in [2.45, 2.75) is 90.4 Å². The highest BCUT2D eigenvalue weighted by molar-refractivity contribution is 7.17. The van der Waals surface area contributed by atoms with Crippen LogP contribution in [0.2, 0.25) is 0 Å². The van der Waals surface area contributed by atoms with Crippen LogP contribution in [0.25, 0.3) is 0 Å². The van der Waals surface area contributed by atoms with Crippen molar-refractivity contribution >= 4 is 40.0 Å². The van der Waals surface area contributed by atoms with Gasteiger partial charge in [0, 0.05) is 17.8 Å². The Balaban J connectivity index is 1.08. The maximum Gasteiger partial charge on any atom is 0.341 e. The maximum absolute atomic E-state index is 12.6. The van der Waals surface area contributed by atoms with Crippen LogP contribution in [0.4, 0.5) is 5.00 Å². The van der Waals surface area contributed by atoms with E-state index in [9.17, 15) is 19.2 Å². The molecule has 2 heterocycles. The Hall–Kier alpha value is -3.00. The van der Waals surface area contributed by atoms with Crippen molar-refractivity contribution in [3.8, 4) is 0 Å². The van der Waals surface area contributed by atoms with Crippen LogP contribution in [0.3, 0.4) is 0 Å². The molecule has 1 aliphatic heterocycles. The van der Waals surface area contributed by atoms with E-state index in [1.807, 2.05) is 0 Å². The van der Waals surface area contributed by atoms with Gasteiger partial charge in [-0.25, -0.2) is 4.79 Å². The summed E-state index contributed by atoms with van der Waals surface area (Å²) in [4.78, 5) is 52.5. The number of carbonyl (C=O) groups is 4. The average Bonchev–Trinajstić information content (AvgIpc) is 3.39. The van der Waals surface area contributed by atoms with Crippen LogP contribution in [-0.2, 0) is 22.4 Å². The fraction of sp³-hybridized carbons (Fsp3) is 0.533. The number of nitrogens with zero attached hydrogens (tertiary/aromatic N) is 1. The number of rotatable bonds is 14. The van der Waals surface area contributed by atoms with E-state index in [2.05, 4.69) is 5.32 Å². The molecule has 1 aromatic heterocycles. The van der Waals surface area contributed by atoms with Crippen LogP contribution < -0.4 is 5.32 Å². The van der Waals surface area contributed by atoms with Gasteiger partial charge < -0.3 is 10.1 Å². The van der Waals surface area contributed by atoms with Gasteiger partial charge in [0.05, 0.1) is 23.3 Å². The molecule has 0 unspecified atom stereocenters. The predicted octanol–water partition coefficient (Wildman–Crippen LogP) is 6.55. The van der Waals surface area contributed by atoms with E-state index in [4.69, 9.17) is 4.74 Å². The minimum atomic E-state index is -0.328. The molecule has 4 rings (SSSR count). The Kier molecular flexibility index (Phi) is 10.1. The van der Waals surface area contributed by atoms with Gasteiger partial charge in [-0.2, -0.15) is 0 Å². The molecule has 2 aromatic rings. The highest BCUT2D eigenvalue weighted by Crippen LogP contribution is 2.38. The number of thiophene rings is 1. The molecule has 1 N–H and O–H groups in total. The summed E-state index contributed by atoms with van der Waals surface area (Å²) in [7, 11) is 0. The molecule has 8 heteroatoms. The number of aryl methyl sites for hydroxylation is 1. The van der Waals surface area contributed by atoms with Gasteiger partial charge in [-0.1, -0.05) is 50.7 Å². The number of imide groups is 1. The quantitative estimate of drug-likeness (QED) is 0.167. The number of carbonyl (C=O) groups excluding carboxylic acids is 4. The minimum Gasteiger partial charge on any atom is -0.462 e. The van der Waals surface area contributed by atoms with E-state index in [-0.39, 0.29) is 23.7 Å². The number of ether oxygens (including phenoxy) is 1. The Morgan fingerprint density at radius 2 is 1.50 bits per heavy atom. The first-order valence-corrected chi connectivity index (χ1v) is 14.9. The van der Waals surface area contributed by atoms with Crippen molar-refractivity contribution in [1.82, 2.24) is 4.90 Å². The Morgan fingerprint density at radius 3 is 2.16 bits per heavy atom. The van der Waals surface area contributed by atoms with Crippen molar-refractivity contribution in [3.05, 3.63) is 51.4 Å². The lowest BCUT2D eigenvalue weighted by Gasteiger charge is -2.13. The molecule has 0 fully saturated rings. The lowest BCUT2D eigenvalue weighted by molar-refractivity contribution is -0.116. The van der Waals surface area contributed by atoms with Crippen LogP contribution in [0.5, 0.6) is 0 Å². The Morgan fingerprint density at radius 1 is 0.895 bits per heavy atom. The largest absolute Gasteiger partial charge is 0.462 e. The molecule has 0 radical (unpaired) electrons. The molecule has 0 spiro atoms. The molecular weight excluding hydrogens is 500 g/mol. The van der Waals surface area contributed by atoms with Gasteiger partial charge in [-0.15, -0.1) is 11.3 Å². The van der Waals surface area contributed by atoms with E-state index < -0.39 is 0 Å². The van der Waals surface area contributed by atoms with Gasteiger partial charge in [0.25, 0.3) is 11.8 Å². The highest BCUT2D eigenvalue weighted by atomic mass is 32.1. The summed E-state index contributed by atoms with van der Waals surface area (Å²) >= 11 is 1.53. The number of hydrogen-bond donors (Lipinski definition) is 1. The molecule has 204 valence electrons. The second-order valence-electron chi connectivity index (χ2n) is 10.1. The number of unbranched alkanes of at least 4 members (excludes halogenated alkanes) is 7. The van der Waals surface area contributed by atoms with Crippen LogP contribution in [-0.4, -0.2) is 41.7 Å². The highest BCUT2D eigenvalue weighted by Gasteiger charge is 2.34. The maximum atomic E-state index is 12.6. The third-order valence-corrected chi connectivity index (χ3v) is 8.52. The van der Waals surface area contributed by atoms with Crippen molar-refractivity contribution in [2.24, 2.45) is 0 Å². The number of nitrogens with one attached hydrogen (secondary N) is 1. The first-order valence-electron chi connectivity index (χ1n) is 14.1. The molecule has 2 aliphatic rings. The minimum absolute atomic E-state index is 0.0395. The van der Waals surface area contributed by atoms with Gasteiger partial charge >= 0.3 is 5.97 Å². The molecule has 0 saturated carbocycles. The van der Waals surface area contributed by atoms with Crippen LogP contribution in [0.15, 0.2) is 24.3 Å². The molecule has 38 heavy (non-hydrogen) atoms. The molecule has 1 aromatic carbocycles. The third-order valence-electron chi connectivity index (χ3n) is 7.32. The standard InChI is InChI=1S/C30H38N2O5S/c1-2-37-30(36)26-23-17-12-13-18-24(23)38-27(26)31-25(33)19-9-7-5-3-4-6-8-14-20-32-28(34)21-15-10-11-16-22(21)29(32)35/h10-11,15-16H,2-9,12-14,17-20H2,1H3,(H,31,33). The third kappa shape index (κ3) is 6.70. The summed E-state index contributed by atoms with van der Waals surface area (Å²) in [6.45, 7) is 2.60. The molecule has 0 bridgehead atoms. The van der Waals surface area contributed by atoms with E-state index >= 15 is 0 Å². The predicted molar refractivity (Wildman–Crippen MR) is 149 cm³/mol. The number of esters is 1. The van der Waals surface area contributed by atoms with Gasteiger partial charge in [0.2, 0.25) is 5.91 Å². The topological polar surface area (TPSA) is 92.8 Å². The van der Waals surface area contributed by atoms with Crippen molar-refractivity contribution in [3.63, 3.8) is 0 Å². The molecule has 0 atom stereocenters. The van der Waals surface area contributed by atoms with Crippen molar-refractivity contribution in [2.75, 3.05) is 18.5 Å². The lowest BCUT2D eigenvalue weighted by Crippen LogP contribution is -2.30. The van der Waals surface area contributed by atoms with E-state index in [1.165, 1.54) is 21.1 Å². The summed E-state index contributed by atoms with van der Waals surface area (Å²) in [6, 6.07) is 7.01. The average molecular weight is 539 g/mol. The van der Waals surface area contributed by atoms with Crippen molar-refractivity contribution < 1.29 is 23.9 Å². The normalized spacial score (nSPS) is 14.4. The smallest absolute Gasteiger partial charge is 0.341 e. The summed E-state index contributed by atoms with van der Waals surface area (Å²) in [5.74, 6) is -0.718. The number of hydrogen-bond acceptors (Lipinski definition) is 6. The number of benzene rings is 1. The molecule has 7 nitrogen and oxygen atoms in total. The zero-order chi connectivity index (χ0) is 26.9. The van der Waals surface area contributed by atoms with Crippen LogP contribution in [0, 0.1) is 0 Å². The fourth-order valence-corrected chi connectivity index (χ4v) is 6.61. The summed E-state index contributed by atoms with van der Waals surface area (Å²) < 4.78 is 5.27. The zero-order valence-corrected chi connectivity index (χ0v) is 23.1. The monoisotopic (exact) mass is 538 g/mol. The Labute approximate surface area is 228 Å².